The van der Waals surface area contributed by atoms with Crippen molar-refractivity contribution in [3.05, 3.63) is 35.9 Å². The van der Waals surface area contributed by atoms with Gasteiger partial charge in [0.15, 0.2) is 0 Å². The van der Waals surface area contributed by atoms with Crippen LogP contribution in [0, 0.1) is 5.41 Å². The SMILES string of the molecule is CCCN(Cc1ccccc1)C(=O)C1(CN)CCCC1. The normalized spacial score (nSPS) is 17.1. The summed E-state index contributed by atoms with van der Waals surface area (Å²) in [5.74, 6) is 0.267. The predicted molar refractivity (Wildman–Crippen MR) is 82.1 cm³/mol. The van der Waals surface area contributed by atoms with E-state index in [1.54, 1.807) is 0 Å². The summed E-state index contributed by atoms with van der Waals surface area (Å²) in [4.78, 5) is 14.9. The molecule has 0 unspecified atom stereocenters. The van der Waals surface area contributed by atoms with Crippen LogP contribution in [-0.2, 0) is 11.3 Å². The van der Waals surface area contributed by atoms with E-state index in [1.807, 2.05) is 23.1 Å². The summed E-state index contributed by atoms with van der Waals surface area (Å²) >= 11 is 0. The molecule has 110 valence electrons. The Hall–Kier alpha value is -1.35. The lowest BCUT2D eigenvalue weighted by atomic mass is 9.84. The summed E-state index contributed by atoms with van der Waals surface area (Å²) < 4.78 is 0. The summed E-state index contributed by atoms with van der Waals surface area (Å²) in [6.45, 7) is 4.13. The first kappa shape index (κ1) is 15.0. The smallest absolute Gasteiger partial charge is 0.230 e. The molecule has 0 saturated heterocycles. The highest BCUT2D eigenvalue weighted by molar-refractivity contribution is 5.83. The molecule has 0 spiro atoms. The second-order valence-electron chi connectivity index (χ2n) is 5.90. The molecule has 1 aromatic rings. The molecule has 0 atom stereocenters. The number of nitrogens with two attached hydrogens (primary N) is 1. The monoisotopic (exact) mass is 274 g/mol. The number of nitrogens with zero attached hydrogens (tertiary/aromatic N) is 1. The molecule has 0 aliphatic heterocycles. The van der Waals surface area contributed by atoms with Crippen LogP contribution in [0.15, 0.2) is 30.3 Å². The standard InChI is InChI=1S/C17H26N2O/c1-2-12-19(13-15-8-4-3-5-9-15)16(20)17(14-18)10-6-7-11-17/h3-5,8-9H,2,6-7,10-14,18H2,1H3. The number of carbonyl (C=O) groups excluding carboxylic acids is 1. The Balaban J connectivity index is 2.13. The molecule has 0 radical (unpaired) electrons. The van der Waals surface area contributed by atoms with E-state index in [0.717, 1.165) is 38.6 Å². The van der Waals surface area contributed by atoms with Gasteiger partial charge in [-0.3, -0.25) is 4.79 Å². The van der Waals surface area contributed by atoms with Crippen LogP contribution < -0.4 is 5.73 Å². The highest BCUT2D eigenvalue weighted by Crippen LogP contribution is 2.39. The molecular weight excluding hydrogens is 248 g/mol. The molecule has 3 nitrogen and oxygen atoms in total. The van der Waals surface area contributed by atoms with E-state index in [0.29, 0.717) is 13.1 Å². The summed E-state index contributed by atoms with van der Waals surface area (Å²) in [5.41, 5.74) is 6.86. The first-order valence-corrected chi connectivity index (χ1v) is 7.75. The maximum atomic E-state index is 12.9. The Morgan fingerprint density at radius 2 is 1.90 bits per heavy atom. The first-order chi connectivity index (χ1) is 9.72. The molecule has 1 aliphatic carbocycles. The van der Waals surface area contributed by atoms with E-state index >= 15 is 0 Å². The van der Waals surface area contributed by atoms with Gasteiger partial charge in [-0.05, 0) is 24.8 Å². The van der Waals surface area contributed by atoms with Crippen LogP contribution in [0.25, 0.3) is 0 Å². The Labute approximate surface area is 122 Å². The number of benzene rings is 1. The summed E-state index contributed by atoms with van der Waals surface area (Å²) in [7, 11) is 0. The Morgan fingerprint density at radius 1 is 1.25 bits per heavy atom. The fraction of sp³-hybridized carbons (Fsp3) is 0.588. The van der Waals surface area contributed by atoms with Crippen molar-refractivity contribution in [2.45, 2.75) is 45.6 Å². The van der Waals surface area contributed by atoms with Crippen LogP contribution in [-0.4, -0.2) is 23.9 Å². The van der Waals surface area contributed by atoms with E-state index in [9.17, 15) is 4.79 Å². The zero-order valence-electron chi connectivity index (χ0n) is 12.5. The van der Waals surface area contributed by atoms with Crippen LogP contribution in [0.5, 0.6) is 0 Å². The van der Waals surface area contributed by atoms with Gasteiger partial charge in [-0.2, -0.15) is 0 Å². The van der Waals surface area contributed by atoms with Gasteiger partial charge >= 0.3 is 0 Å². The van der Waals surface area contributed by atoms with Gasteiger partial charge in [-0.1, -0.05) is 50.1 Å². The number of amides is 1. The Morgan fingerprint density at radius 3 is 2.45 bits per heavy atom. The lowest BCUT2D eigenvalue weighted by molar-refractivity contribution is -0.142. The largest absolute Gasteiger partial charge is 0.338 e. The number of rotatable bonds is 6. The summed E-state index contributed by atoms with van der Waals surface area (Å²) in [6, 6.07) is 10.2. The van der Waals surface area contributed by atoms with E-state index in [-0.39, 0.29) is 11.3 Å². The van der Waals surface area contributed by atoms with Gasteiger partial charge in [0.05, 0.1) is 5.41 Å². The number of hydrogen-bond donors (Lipinski definition) is 1. The number of hydrogen-bond acceptors (Lipinski definition) is 2. The van der Waals surface area contributed by atoms with Crippen molar-refractivity contribution in [3.63, 3.8) is 0 Å². The van der Waals surface area contributed by atoms with Crippen molar-refractivity contribution in [1.82, 2.24) is 4.90 Å². The zero-order valence-corrected chi connectivity index (χ0v) is 12.5. The van der Waals surface area contributed by atoms with Crippen LogP contribution in [0.4, 0.5) is 0 Å². The molecule has 0 aromatic heterocycles. The van der Waals surface area contributed by atoms with Gasteiger partial charge in [-0.15, -0.1) is 0 Å². The lowest BCUT2D eigenvalue weighted by Crippen LogP contribution is -2.46. The minimum absolute atomic E-state index is 0.267. The average molecular weight is 274 g/mol. The molecule has 2 N–H and O–H groups in total. The van der Waals surface area contributed by atoms with E-state index in [1.165, 1.54) is 5.56 Å². The first-order valence-electron chi connectivity index (χ1n) is 7.75. The van der Waals surface area contributed by atoms with Crippen molar-refractivity contribution in [2.24, 2.45) is 11.1 Å². The van der Waals surface area contributed by atoms with Gasteiger partial charge in [-0.25, -0.2) is 0 Å². The zero-order chi connectivity index (χ0) is 14.4. The van der Waals surface area contributed by atoms with Crippen LogP contribution >= 0.6 is 0 Å². The Kier molecular flexibility index (Phi) is 5.18. The molecule has 1 aromatic carbocycles. The van der Waals surface area contributed by atoms with Gasteiger partial charge in [0.1, 0.15) is 0 Å². The molecule has 1 fully saturated rings. The topological polar surface area (TPSA) is 46.3 Å². The highest BCUT2D eigenvalue weighted by Gasteiger charge is 2.42. The second-order valence-corrected chi connectivity index (χ2v) is 5.90. The summed E-state index contributed by atoms with van der Waals surface area (Å²) in [5, 5.41) is 0. The maximum absolute atomic E-state index is 12.9. The molecule has 2 rings (SSSR count). The highest BCUT2D eigenvalue weighted by atomic mass is 16.2. The van der Waals surface area contributed by atoms with Crippen LogP contribution in [0.1, 0.15) is 44.6 Å². The molecular formula is C17H26N2O. The minimum atomic E-state index is -0.288. The van der Waals surface area contributed by atoms with Gasteiger partial charge in [0.25, 0.3) is 0 Å². The molecule has 0 heterocycles. The molecule has 1 amide bonds. The third-order valence-corrected chi connectivity index (χ3v) is 4.40. The van der Waals surface area contributed by atoms with Gasteiger partial charge in [0, 0.05) is 19.6 Å². The van der Waals surface area contributed by atoms with Gasteiger partial charge in [0.2, 0.25) is 5.91 Å². The van der Waals surface area contributed by atoms with Crippen molar-refractivity contribution < 1.29 is 4.79 Å². The van der Waals surface area contributed by atoms with Crippen molar-refractivity contribution in [3.8, 4) is 0 Å². The van der Waals surface area contributed by atoms with Gasteiger partial charge < -0.3 is 10.6 Å². The van der Waals surface area contributed by atoms with Crippen LogP contribution in [0.2, 0.25) is 0 Å². The van der Waals surface area contributed by atoms with E-state index in [2.05, 4.69) is 19.1 Å². The fourth-order valence-corrected chi connectivity index (χ4v) is 3.22. The van der Waals surface area contributed by atoms with E-state index in [4.69, 9.17) is 5.73 Å². The van der Waals surface area contributed by atoms with Crippen molar-refractivity contribution >= 4 is 5.91 Å². The molecule has 0 bridgehead atoms. The molecule has 1 aliphatic rings. The van der Waals surface area contributed by atoms with Crippen LogP contribution in [0.3, 0.4) is 0 Å². The second kappa shape index (κ2) is 6.89. The third kappa shape index (κ3) is 3.21. The summed E-state index contributed by atoms with van der Waals surface area (Å²) in [6.07, 6.45) is 5.16. The Bertz CT molecular complexity index is 424. The van der Waals surface area contributed by atoms with Crippen molar-refractivity contribution in [1.29, 1.82) is 0 Å². The lowest BCUT2D eigenvalue weighted by Gasteiger charge is -2.33. The van der Waals surface area contributed by atoms with E-state index < -0.39 is 0 Å². The molecule has 3 heteroatoms. The quantitative estimate of drug-likeness (QED) is 0.867. The number of carbonyl (C=O) groups is 1. The third-order valence-electron chi connectivity index (χ3n) is 4.40. The molecule has 1 saturated carbocycles. The molecule has 20 heavy (non-hydrogen) atoms. The predicted octanol–water partition coefficient (Wildman–Crippen LogP) is 2.94. The van der Waals surface area contributed by atoms with Crippen molar-refractivity contribution in [2.75, 3.05) is 13.1 Å². The minimum Gasteiger partial charge on any atom is -0.338 e. The fourth-order valence-electron chi connectivity index (χ4n) is 3.22. The maximum Gasteiger partial charge on any atom is 0.230 e. The average Bonchev–Trinajstić information content (AvgIpc) is 2.97.